The van der Waals surface area contributed by atoms with Crippen molar-refractivity contribution in [3.8, 4) is 28.1 Å². The van der Waals surface area contributed by atoms with Crippen molar-refractivity contribution in [1.29, 1.82) is 0 Å². The number of aromatic amines is 2. The van der Waals surface area contributed by atoms with Gasteiger partial charge in [-0.3, -0.25) is 9.59 Å². The van der Waals surface area contributed by atoms with Crippen LogP contribution < -0.4 is 15.4 Å². The maximum Gasteiger partial charge on any atom is 0.407 e. The summed E-state index contributed by atoms with van der Waals surface area (Å²) in [6.07, 6.45) is 3.61. The molecule has 2 saturated heterocycles. The van der Waals surface area contributed by atoms with E-state index < -0.39 is 24.3 Å². The fourth-order valence-electron chi connectivity index (χ4n) is 9.37. The number of hydrogen-bond acceptors (Lipinski definition) is 9. The highest BCUT2D eigenvalue weighted by Gasteiger charge is 2.42. The van der Waals surface area contributed by atoms with Gasteiger partial charge in [0.05, 0.1) is 49.2 Å². The number of fused-ring (bicyclic) bond motifs is 6. The Labute approximate surface area is 355 Å². The van der Waals surface area contributed by atoms with Crippen LogP contribution in [0.3, 0.4) is 0 Å². The summed E-state index contributed by atoms with van der Waals surface area (Å²) in [6.45, 7) is 12.9. The van der Waals surface area contributed by atoms with Crippen molar-refractivity contribution in [1.82, 2.24) is 40.4 Å². The van der Waals surface area contributed by atoms with Gasteiger partial charge in [0.25, 0.3) is 0 Å². The number of imidazole rings is 2. The lowest BCUT2D eigenvalue weighted by atomic mass is 9.92. The topological polar surface area (TPSA) is 184 Å². The number of amides is 4. The van der Waals surface area contributed by atoms with Crippen LogP contribution in [-0.2, 0) is 25.7 Å². The minimum absolute atomic E-state index is 0.0158. The molecule has 2 fully saturated rings. The first-order valence-corrected chi connectivity index (χ1v) is 21.4. The van der Waals surface area contributed by atoms with Gasteiger partial charge in [0, 0.05) is 23.5 Å². The molecule has 15 nitrogen and oxygen atoms in total. The van der Waals surface area contributed by atoms with Gasteiger partial charge in [-0.05, 0) is 90.3 Å². The molecule has 0 aliphatic carbocycles. The first kappa shape index (κ1) is 41.6. The van der Waals surface area contributed by atoms with Gasteiger partial charge in [0.15, 0.2) is 0 Å². The maximum atomic E-state index is 14.1. The van der Waals surface area contributed by atoms with Gasteiger partial charge < -0.3 is 44.6 Å². The van der Waals surface area contributed by atoms with Gasteiger partial charge in [-0.15, -0.1) is 0 Å². The quantitative estimate of drug-likeness (QED) is 0.109. The third-order valence-electron chi connectivity index (χ3n) is 13.0. The number of carbonyl (C=O) groups excluding carboxylic acids is 4. The molecule has 4 amide bonds. The van der Waals surface area contributed by atoms with E-state index in [0.717, 1.165) is 87.0 Å². The fourth-order valence-corrected chi connectivity index (χ4v) is 9.37. The molecule has 0 spiro atoms. The average Bonchev–Trinajstić information content (AvgIpc) is 4.08. The first-order chi connectivity index (χ1) is 29.3. The molecule has 8 rings (SSSR count). The predicted molar refractivity (Wildman–Crippen MR) is 230 cm³/mol. The molecule has 61 heavy (non-hydrogen) atoms. The second-order valence-electron chi connectivity index (χ2n) is 17.4. The molecule has 322 valence electrons. The molecular formula is C46H56N8O7. The van der Waals surface area contributed by atoms with Crippen LogP contribution in [0, 0.1) is 17.8 Å². The smallest absolute Gasteiger partial charge is 0.407 e. The van der Waals surface area contributed by atoms with Crippen LogP contribution in [0.4, 0.5) is 9.59 Å². The minimum Gasteiger partial charge on any atom is -0.488 e. The van der Waals surface area contributed by atoms with E-state index in [4.69, 9.17) is 24.2 Å². The van der Waals surface area contributed by atoms with Crippen LogP contribution in [0.1, 0.15) is 96.5 Å². The number of carbonyl (C=O) groups is 4. The van der Waals surface area contributed by atoms with Crippen LogP contribution in [0.5, 0.6) is 5.75 Å². The van der Waals surface area contributed by atoms with Crippen molar-refractivity contribution >= 4 is 45.8 Å². The van der Waals surface area contributed by atoms with Gasteiger partial charge in [0.2, 0.25) is 11.8 Å². The number of nitrogens with zero attached hydrogens (tertiary/aromatic N) is 4. The molecule has 2 aromatic heterocycles. The summed E-state index contributed by atoms with van der Waals surface area (Å²) >= 11 is 0. The van der Waals surface area contributed by atoms with E-state index in [-0.39, 0.29) is 47.7 Å². The van der Waals surface area contributed by atoms with E-state index in [1.807, 2.05) is 56.7 Å². The molecular weight excluding hydrogens is 777 g/mol. The Morgan fingerprint density at radius 1 is 0.885 bits per heavy atom. The van der Waals surface area contributed by atoms with Gasteiger partial charge in [-0.25, -0.2) is 19.6 Å². The van der Waals surface area contributed by atoms with Crippen molar-refractivity contribution in [3.63, 3.8) is 0 Å². The molecule has 0 bridgehead atoms. The Balaban J connectivity index is 1.05. The number of ether oxygens (including phenoxy) is 3. The second kappa shape index (κ2) is 16.7. The highest BCUT2D eigenvalue weighted by atomic mass is 16.5. The molecule has 4 N–H and O–H groups in total. The Morgan fingerprint density at radius 3 is 2.36 bits per heavy atom. The third kappa shape index (κ3) is 7.74. The number of rotatable bonds is 10. The second-order valence-corrected chi connectivity index (χ2v) is 17.4. The van der Waals surface area contributed by atoms with Crippen LogP contribution in [0.25, 0.3) is 44.2 Å². The molecule has 0 saturated carbocycles. The molecule has 3 aromatic carbocycles. The van der Waals surface area contributed by atoms with Crippen molar-refractivity contribution in [2.45, 2.75) is 104 Å². The number of methoxy groups -OCH3 is 2. The Hall–Kier alpha value is -6.12. The number of aromatic nitrogens is 4. The number of alkyl carbamates (subject to hydrolysis) is 2. The zero-order chi connectivity index (χ0) is 43.3. The summed E-state index contributed by atoms with van der Waals surface area (Å²) in [7, 11) is 2.60. The summed E-state index contributed by atoms with van der Waals surface area (Å²) in [5.41, 5.74) is 6.60. The molecule has 5 aromatic rings. The number of likely N-dealkylation sites (tertiary alicyclic amines) is 2. The summed E-state index contributed by atoms with van der Waals surface area (Å²) < 4.78 is 16.1. The standard InChI is InChI=1S/C46H56N8O7/c1-9-25(5)39(52-46(58)60-8)43(55)53-21-24(4)16-36(53)42-48-33-14-12-27-18-32-30-13-11-28(17-29(30)22-61-37(32)19-31(27)40(33)50-42)34-20-47-41(49-34)35-15-10-26(6)54(35)44(56)38(23(2)3)51-45(57)59-7/h11-14,17-20,23-26,35-36,38-39H,9-10,15-16,21-22H2,1-8H3,(H,47,49)(H,48,50)(H,51,57)(H,52,58)/t24-,25-,26-,35-,36-,38?,39-/m0/s1. The first-order valence-electron chi connectivity index (χ1n) is 21.4. The molecule has 15 heteroatoms. The van der Waals surface area contributed by atoms with Crippen molar-refractivity contribution in [2.24, 2.45) is 17.8 Å². The number of H-pyrrole nitrogens is 2. The van der Waals surface area contributed by atoms with E-state index in [0.29, 0.717) is 19.0 Å². The van der Waals surface area contributed by atoms with Gasteiger partial charge >= 0.3 is 12.2 Å². The average molecular weight is 833 g/mol. The van der Waals surface area contributed by atoms with E-state index in [2.05, 4.69) is 63.9 Å². The van der Waals surface area contributed by atoms with E-state index >= 15 is 0 Å². The number of nitrogens with one attached hydrogen (secondary N) is 4. The molecule has 3 aliphatic rings. The summed E-state index contributed by atoms with van der Waals surface area (Å²) in [6, 6.07) is 12.7. The van der Waals surface area contributed by atoms with Gasteiger partial charge in [0.1, 0.15) is 36.1 Å². The zero-order valence-electron chi connectivity index (χ0n) is 36.1. The SMILES string of the molecule is CC[C@H](C)[C@H](NC(=O)OC)C(=O)N1C[C@@H](C)C[C@H]1c1nc2ccc3cc4c(cc3c2[nH]1)OCc1cc(-c2cnc([C@@H]3CC[C@H](C)N3C(=O)C(NC(=O)OC)C(C)C)[nH]2)ccc1-4. The van der Waals surface area contributed by atoms with Crippen LogP contribution in [-0.4, -0.2) is 92.6 Å². The Morgan fingerprint density at radius 2 is 1.64 bits per heavy atom. The number of benzene rings is 3. The molecule has 3 aliphatic heterocycles. The zero-order valence-corrected chi connectivity index (χ0v) is 36.1. The minimum atomic E-state index is -0.718. The maximum absolute atomic E-state index is 14.1. The summed E-state index contributed by atoms with van der Waals surface area (Å²) in [5, 5.41) is 7.51. The summed E-state index contributed by atoms with van der Waals surface area (Å²) in [5.74, 6) is 1.96. The summed E-state index contributed by atoms with van der Waals surface area (Å²) in [4.78, 5) is 72.9. The number of hydrogen-bond donors (Lipinski definition) is 4. The van der Waals surface area contributed by atoms with Crippen LogP contribution in [0.15, 0.2) is 48.7 Å². The van der Waals surface area contributed by atoms with Gasteiger partial charge in [-0.2, -0.15) is 0 Å². The van der Waals surface area contributed by atoms with Crippen molar-refractivity contribution in [3.05, 3.63) is 65.9 Å². The molecule has 0 radical (unpaired) electrons. The lowest BCUT2D eigenvalue weighted by Gasteiger charge is -2.32. The van der Waals surface area contributed by atoms with Crippen molar-refractivity contribution in [2.75, 3.05) is 20.8 Å². The third-order valence-corrected chi connectivity index (χ3v) is 13.0. The fraction of sp³-hybridized carbons (Fsp3) is 0.478. The van der Waals surface area contributed by atoms with Gasteiger partial charge in [-0.1, -0.05) is 59.2 Å². The Bertz CT molecular complexity index is 2490. The molecule has 7 atom stereocenters. The van der Waals surface area contributed by atoms with E-state index in [9.17, 15) is 19.2 Å². The Kier molecular flexibility index (Phi) is 11.4. The van der Waals surface area contributed by atoms with Crippen molar-refractivity contribution < 1.29 is 33.4 Å². The highest BCUT2D eigenvalue weighted by molar-refractivity contribution is 6.07. The van der Waals surface area contributed by atoms with E-state index in [1.54, 1.807) is 0 Å². The lowest BCUT2D eigenvalue weighted by molar-refractivity contribution is -0.137. The normalized spacial score (nSPS) is 21.1. The highest BCUT2D eigenvalue weighted by Crippen LogP contribution is 2.44. The van der Waals surface area contributed by atoms with Crippen LogP contribution in [0.2, 0.25) is 0 Å². The monoisotopic (exact) mass is 832 g/mol. The largest absolute Gasteiger partial charge is 0.488 e. The molecule has 1 unspecified atom stereocenters. The lowest BCUT2D eigenvalue weighted by Crippen LogP contribution is -2.52. The predicted octanol–water partition coefficient (Wildman–Crippen LogP) is 7.78. The molecule has 5 heterocycles. The van der Waals surface area contributed by atoms with E-state index in [1.165, 1.54) is 14.2 Å². The van der Waals surface area contributed by atoms with Crippen LogP contribution >= 0.6 is 0 Å².